The molecule has 3 N–H and O–H groups in total. The molecule has 4 rings (SSSR count). The molecular weight excluding hydrogens is 589 g/mol. The Morgan fingerprint density at radius 2 is 1.92 bits per heavy atom. The van der Waals surface area contributed by atoms with Crippen LogP contribution in [0.5, 0.6) is 0 Å². The van der Waals surface area contributed by atoms with Crippen LogP contribution in [0.1, 0.15) is 49.4 Å². The van der Waals surface area contributed by atoms with E-state index in [0.717, 1.165) is 66.6 Å². The zero-order valence-corrected chi connectivity index (χ0v) is 23.1. The number of aliphatic hydroxyl groups excluding tert-OH is 1. The molecule has 0 aliphatic carbocycles. The van der Waals surface area contributed by atoms with Crippen LogP contribution in [0.15, 0.2) is 48.9 Å². The number of aliphatic hydroxyl groups is 1. The van der Waals surface area contributed by atoms with Crippen LogP contribution in [0, 0.1) is 0 Å². The van der Waals surface area contributed by atoms with Crippen molar-refractivity contribution in [3.8, 4) is 11.3 Å². The van der Waals surface area contributed by atoms with Crippen LogP contribution in [0.4, 0.5) is 11.6 Å². The molecule has 9 nitrogen and oxygen atoms in total. The van der Waals surface area contributed by atoms with Crippen molar-refractivity contribution in [2.24, 2.45) is 0 Å². The van der Waals surface area contributed by atoms with Crippen molar-refractivity contribution in [1.82, 2.24) is 29.0 Å². The van der Waals surface area contributed by atoms with Crippen molar-refractivity contribution in [1.29, 1.82) is 0 Å². The molecule has 0 saturated carbocycles. The minimum atomic E-state index is -0.0929. The lowest BCUT2D eigenvalue weighted by atomic mass is 10.1. The number of unbranched alkanes of at least 4 members (excludes halogenated alkanes) is 3. The number of hydrogen-bond donors (Lipinski definition) is 3. The number of carbonyl (C=O) groups is 1. The number of rotatable bonds is 13. The number of amides is 1. The third-order valence-corrected chi connectivity index (χ3v) is 7.43. The van der Waals surface area contributed by atoms with Crippen LogP contribution in [0.2, 0.25) is 0 Å². The Bertz CT molecular complexity index is 1290. The van der Waals surface area contributed by atoms with Crippen molar-refractivity contribution in [2.45, 2.75) is 45.6 Å². The van der Waals surface area contributed by atoms with Crippen LogP contribution in [0.25, 0.3) is 22.3 Å². The van der Waals surface area contributed by atoms with Crippen LogP contribution in [-0.2, 0) is 6.54 Å². The summed E-state index contributed by atoms with van der Waals surface area (Å²) in [4.78, 5) is 22.0. The first-order chi connectivity index (χ1) is 17.6. The van der Waals surface area contributed by atoms with Crippen LogP contribution in [-0.4, -0.2) is 47.9 Å². The van der Waals surface area contributed by atoms with E-state index >= 15 is 0 Å². The summed E-state index contributed by atoms with van der Waals surface area (Å²) < 4.78 is 3.93. The molecule has 36 heavy (non-hydrogen) atoms. The molecule has 3 heterocycles. The summed E-state index contributed by atoms with van der Waals surface area (Å²) in [7, 11) is 1.55. The van der Waals surface area contributed by atoms with Crippen molar-refractivity contribution in [2.75, 3.05) is 18.5 Å². The van der Waals surface area contributed by atoms with E-state index in [1.165, 1.54) is 0 Å². The van der Waals surface area contributed by atoms with Gasteiger partial charge in [0.1, 0.15) is 0 Å². The van der Waals surface area contributed by atoms with Crippen molar-refractivity contribution in [3.05, 3.63) is 54.5 Å². The SMILES string of the molecule is CCCn1cc(-c2nc(Nc3ccc(C(=O)NCCCCCCO)cc3)nc3c2ccn3SI)cn1. The zero-order chi connectivity index (χ0) is 25.3. The van der Waals surface area contributed by atoms with Gasteiger partial charge >= 0.3 is 0 Å². The van der Waals surface area contributed by atoms with E-state index in [-0.39, 0.29) is 12.5 Å². The van der Waals surface area contributed by atoms with Gasteiger partial charge in [-0.05, 0) is 49.6 Å². The number of fused-ring (bicyclic) bond motifs is 1. The highest BCUT2D eigenvalue weighted by molar-refractivity contribution is 14.2. The van der Waals surface area contributed by atoms with Crippen molar-refractivity contribution >= 4 is 58.9 Å². The summed E-state index contributed by atoms with van der Waals surface area (Å²) in [6, 6.07) is 9.32. The Morgan fingerprint density at radius 3 is 2.67 bits per heavy atom. The van der Waals surface area contributed by atoms with E-state index in [1.807, 2.05) is 45.4 Å². The standard InChI is InChI=1S/C25H30IN7O2S/c1-2-13-32-17-19(16-28-32)22-21-11-14-33(36-26)23(21)31-25(30-22)29-20-9-7-18(8-10-20)24(35)27-12-5-3-4-6-15-34/h7-11,14,16-17,34H,2-6,12-13,15H2,1H3,(H,27,35)(H,29,30,31). The first-order valence-corrected chi connectivity index (χ1v) is 15.4. The quantitative estimate of drug-likeness (QED) is 0.133. The van der Waals surface area contributed by atoms with Gasteiger partial charge in [0.2, 0.25) is 5.95 Å². The minimum absolute atomic E-state index is 0.0929. The molecule has 3 aromatic heterocycles. The number of benzene rings is 1. The Labute approximate surface area is 226 Å². The first kappa shape index (κ1) is 26.4. The highest BCUT2D eigenvalue weighted by atomic mass is 127. The van der Waals surface area contributed by atoms with Gasteiger partial charge in [0.05, 0.1) is 11.9 Å². The summed E-state index contributed by atoms with van der Waals surface area (Å²) in [5.74, 6) is 0.385. The number of aryl methyl sites for hydroxylation is 1. The molecular formula is C25H30IN7O2S. The lowest BCUT2D eigenvalue weighted by molar-refractivity contribution is 0.0953. The molecule has 0 aliphatic rings. The molecule has 0 aliphatic heterocycles. The summed E-state index contributed by atoms with van der Waals surface area (Å²) >= 11 is 2.24. The fraction of sp³-hybridized carbons (Fsp3) is 0.360. The lowest BCUT2D eigenvalue weighted by Crippen LogP contribution is -2.24. The summed E-state index contributed by atoms with van der Waals surface area (Å²) in [6.45, 7) is 3.83. The molecule has 0 fully saturated rings. The highest BCUT2D eigenvalue weighted by Gasteiger charge is 2.15. The molecule has 0 unspecified atom stereocenters. The summed E-state index contributed by atoms with van der Waals surface area (Å²) in [5.41, 5.74) is 3.98. The molecule has 11 heteroatoms. The highest BCUT2D eigenvalue weighted by Crippen LogP contribution is 2.32. The van der Waals surface area contributed by atoms with Crippen molar-refractivity contribution < 1.29 is 9.90 Å². The van der Waals surface area contributed by atoms with Gasteiger partial charge in [-0.3, -0.25) is 13.4 Å². The van der Waals surface area contributed by atoms with Gasteiger partial charge in [-0.15, -0.1) is 0 Å². The number of nitrogens with zero attached hydrogens (tertiary/aromatic N) is 5. The Hall–Kier alpha value is -2.64. The Morgan fingerprint density at radius 1 is 1.11 bits per heavy atom. The molecule has 4 aromatic rings. The van der Waals surface area contributed by atoms with Gasteiger partial charge in [0.15, 0.2) is 5.65 Å². The molecule has 0 bridgehead atoms. The topological polar surface area (TPSA) is 110 Å². The third kappa shape index (κ3) is 6.56. The number of aromatic nitrogens is 5. The Kier molecular flexibility index (Phi) is 9.59. The normalized spacial score (nSPS) is 11.2. The maximum Gasteiger partial charge on any atom is 0.251 e. The number of carbonyl (C=O) groups excluding carboxylic acids is 1. The summed E-state index contributed by atoms with van der Waals surface area (Å²) in [6.07, 6.45) is 10.5. The van der Waals surface area contributed by atoms with Gasteiger partial charge < -0.3 is 15.7 Å². The average Bonchev–Trinajstić information content (AvgIpc) is 3.53. The molecule has 1 amide bonds. The fourth-order valence-corrected chi connectivity index (χ4v) is 5.15. The smallest absolute Gasteiger partial charge is 0.251 e. The van der Waals surface area contributed by atoms with E-state index in [9.17, 15) is 4.79 Å². The molecule has 0 radical (unpaired) electrons. The molecule has 0 saturated heterocycles. The monoisotopic (exact) mass is 619 g/mol. The number of anilines is 2. The predicted molar refractivity (Wildman–Crippen MR) is 154 cm³/mol. The number of hydrogen-bond acceptors (Lipinski definition) is 7. The summed E-state index contributed by atoms with van der Waals surface area (Å²) in [5, 5.41) is 20.5. The van der Waals surface area contributed by atoms with Gasteiger partial charge in [0.25, 0.3) is 5.91 Å². The second kappa shape index (κ2) is 13.1. The number of halogens is 1. The molecule has 0 atom stereocenters. The number of nitrogens with one attached hydrogen (secondary N) is 2. The van der Waals surface area contributed by atoms with Crippen LogP contribution < -0.4 is 10.6 Å². The van der Waals surface area contributed by atoms with Gasteiger partial charge in [-0.2, -0.15) is 10.1 Å². The molecule has 0 spiro atoms. The van der Waals surface area contributed by atoms with E-state index in [0.29, 0.717) is 18.1 Å². The van der Waals surface area contributed by atoms with Crippen LogP contribution >= 0.6 is 30.3 Å². The maximum atomic E-state index is 12.4. The van der Waals surface area contributed by atoms with E-state index < -0.39 is 0 Å². The molecule has 190 valence electrons. The zero-order valence-electron chi connectivity index (χ0n) is 20.2. The van der Waals surface area contributed by atoms with Crippen molar-refractivity contribution in [3.63, 3.8) is 0 Å². The molecule has 1 aromatic carbocycles. The fourth-order valence-electron chi connectivity index (χ4n) is 3.89. The maximum absolute atomic E-state index is 12.4. The minimum Gasteiger partial charge on any atom is -0.396 e. The van der Waals surface area contributed by atoms with Gasteiger partial charge in [-0.1, -0.05) is 19.8 Å². The second-order valence-corrected chi connectivity index (χ2v) is 10.1. The van der Waals surface area contributed by atoms with Gasteiger partial charge in [0, 0.05) is 84.6 Å². The second-order valence-electron chi connectivity index (χ2n) is 8.43. The largest absolute Gasteiger partial charge is 0.396 e. The van der Waals surface area contributed by atoms with E-state index in [2.05, 4.69) is 43.9 Å². The average molecular weight is 620 g/mol. The first-order valence-electron chi connectivity index (χ1n) is 12.1. The van der Waals surface area contributed by atoms with E-state index in [1.54, 1.807) is 21.3 Å². The predicted octanol–water partition coefficient (Wildman–Crippen LogP) is 5.58. The van der Waals surface area contributed by atoms with Crippen LogP contribution in [0.3, 0.4) is 0 Å². The Balaban J connectivity index is 1.49. The lowest BCUT2D eigenvalue weighted by Gasteiger charge is -2.10. The van der Waals surface area contributed by atoms with Gasteiger partial charge in [-0.25, -0.2) is 4.98 Å². The third-order valence-electron chi connectivity index (χ3n) is 5.72. The van der Waals surface area contributed by atoms with E-state index in [4.69, 9.17) is 15.1 Å².